The van der Waals surface area contributed by atoms with E-state index in [9.17, 15) is 8.78 Å². The molecule has 0 aliphatic heterocycles. The predicted octanol–water partition coefficient (Wildman–Crippen LogP) is 5.12. The molecule has 2 rings (SSSR count). The molecule has 1 nitrogen and oxygen atoms in total. The molecule has 5 heteroatoms. The average molecular weight is 330 g/mol. The standard InChI is InChI=1S/C13H10BrF2NS/c14-8-2-1-3-10(6-8)18-12-5-4-9(17)7-11(12)13(15)16/h1-7,13H,17H2. The lowest BCUT2D eigenvalue weighted by molar-refractivity contribution is 0.148. The van der Waals surface area contributed by atoms with Gasteiger partial charge in [-0.15, -0.1) is 0 Å². The van der Waals surface area contributed by atoms with Crippen molar-refractivity contribution in [1.82, 2.24) is 0 Å². The van der Waals surface area contributed by atoms with Crippen molar-refractivity contribution >= 4 is 33.4 Å². The summed E-state index contributed by atoms with van der Waals surface area (Å²) < 4.78 is 26.7. The molecule has 94 valence electrons. The van der Waals surface area contributed by atoms with Crippen LogP contribution < -0.4 is 5.73 Å². The first kappa shape index (κ1) is 13.4. The molecule has 0 fully saturated rings. The molecule has 0 bridgehead atoms. The SMILES string of the molecule is Nc1ccc(Sc2cccc(Br)c2)c(C(F)F)c1. The van der Waals surface area contributed by atoms with E-state index in [4.69, 9.17) is 5.73 Å². The van der Waals surface area contributed by atoms with Crippen molar-refractivity contribution < 1.29 is 8.78 Å². The normalized spacial score (nSPS) is 10.9. The number of benzene rings is 2. The van der Waals surface area contributed by atoms with Crippen molar-refractivity contribution in [3.05, 3.63) is 52.5 Å². The van der Waals surface area contributed by atoms with Crippen LogP contribution in [0, 0.1) is 0 Å². The number of nitrogen functional groups attached to an aromatic ring is 1. The minimum Gasteiger partial charge on any atom is -0.399 e. The molecular formula is C13H10BrF2NS. The van der Waals surface area contributed by atoms with E-state index < -0.39 is 6.43 Å². The summed E-state index contributed by atoms with van der Waals surface area (Å²) in [5.74, 6) is 0. The van der Waals surface area contributed by atoms with Crippen LogP contribution in [0.2, 0.25) is 0 Å². The molecule has 0 saturated heterocycles. The number of hydrogen-bond donors (Lipinski definition) is 1. The fourth-order valence-electron chi connectivity index (χ4n) is 1.49. The Morgan fingerprint density at radius 3 is 2.56 bits per heavy atom. The fourth-order valence-corrected chi connectivity index (χ4v) is 3.03. The van der Waals surface area contributed by atoms with Gasteiger partial charge in [0.1, 0.15) is 0 Å². The number of nitrogens with two attached hydrogens (primary N) is 1. The highest BCUT2D eigenvalue weighted by atomic mass is 79.9. The summed E-state index contributed by atoms with van der Waals surface area (Å²) in [6.07, 6.45) is -2.52. The van der Waals surface area contributed by atoms with E-state index in [1.807, 2.05) is 24.3 Å². The lowest BCUT2D eigenvalue weighted by Crippen LogP contribution is -1.92. The van der Waals surface area contributed by atoms with Gasteiger partial charge in [0.15, 0.2) is 0 Å². The highest BCUT2D eigenvalue weighted by Crippen LogP contribution is 2.36. The summed E-state index contributed by atoms with van der Waals surface area (Å²) in [5, 5.41) is 0. The van der Waals surface area contributed by atoms with Gasteiger partial charge in [-0.05, 0) is 36.4 Å². The second-order valence-corrected chi connectivity index (χ2v) is 5.69. The first-order valence-electron chi connectivity index (χ1n) is 5.17. The summed E-state index contributed by atoms with van der Waals surface area (Å²) in [5.41, 5.74) is 5.86. The van der Waals surface area contributed by atoms with Gasteiger partial charge in [0.2, 0.25) is 0 Å². The molecule has 0 amide bonds. The third-order valence-electron chi connectivity index (χ3n) is 2.29. The molecule has 0 aromatic heterocycles. The summed E-state index contributed by atoms with van der Waals surface area (Å²) in [6, 6.07) is 12.1. The van der Waals surface area contributed by atoms with Crippen molar-refractivity contribution in [3.8, 4) is 0 Å². The highest BCUT2D eigenvalue weighted by molar-refractivity contribution is 9.10. The van der Waals surface area contributed by atoms with Crippen LogP contribution in [0.3, 0.4) is 0 Å². The Morgan fingerprint density at radius 1 is 1.11 bits per heavy atom. The lowest BCUT2D eigenvalue weighted by Gasteiger charge is -2.09. The molecule has 0 aliphatic rings. The smallest absolute Gasteiger partial charge is 0.265 e. The van der Waals surface area contributed by atoms with Gasteiger partial charge in [0.25, 0.3) is 6.43 Å². The summed E-state index contributed by atoms with van der Waals surface area (Å²) in [4.78, 5) is 1.42. The Kier molecular flexibility index (Phi) is 4.24. The number of alkyl halides is 2. The molecule has 0 saturated carbocycles. The molecule has 18 heavy (non-hydrogen) atoms. The fraction of sp³-hybridized carbons (Fsp3) is 0.0769. The van der Waals surface area contributed by atoms with Crippen LogP contribution in [0.5, 0.6) is 0 Å². The lowest BCUT2D eigenvalue weighted by atomic mass is 10.2. The maximum atomic E-state index is 12.9. The monoisotopic (exact) mass is 329 g/mol. The summed E-state index contributed by atoms with van der Waals surface area (Å²) in [7, 11) is 0. The van der Waals surface area contributed by atoms with E-state index in [2.05, 4.69) is 15.9 Å². The second kappa shape index (κ2) is 5.71. The van der Waals surface area contributed by atoms with Gasteiger partial charge in [-0.1, -0.05) is 33.8 Å². The third-order valence-corrected chi connectivity index (χ3v) is 3.87. The molecule has 2 aromatic carbocycles. The molecule has 0 heterocycles. The average Bonchev–Trinajstić information content (AvgIpc) is 2.31. The summed E-state index contributed by atoms with van der Waals surface area (Å²) >= 11 is 4.65. The quantitative estimate of drug-likeness (QED) is 0.791. The third kappa shape index (κ3) is 3.23. The zero-order valence-electron chi connectivity index (χ0n) is 9.24. The zero-order chi connectivity index (χ0) is 13.1. The molecular weight excluding hydrogens is 320 g/mol. The Morgan fingerprint density at radius 2 is 1.89 bits per heavy atom. The predicted molar refractivity (Wildman–Crippen MR) is 74.1 cm³/mol. The first-order chi connectivity index (χ1) is 8.56. The van der Waals surface area contributed by atoms with E-state index in [-0.39, 0.29) is 5.56 Å². The largest absolute Gasteiger partial charge is 0.399 e. The maximum absolute atomic E-state index is 12.9. The van der Waals surface area contributed by atoms with Crippen LogP contribution >= 0.6 is 27.7 Å². The zero-order valence-corrected chi connectivity index (χ0v) is 11.6. The maximum Gasteiger partial charge on any atom is 0.265 e. The van der Waals surface area contributed by atoms with Crippen LogP contribution in [0.4, 0.5) is 14.5 Å². The van der Waals surface area contributed by atoms with Gasteiger partial charge in [-0.25, -0.2) is 8.78 Å². The minimum absolute atomic E-state index is 0.0278. The minimum atomic E-state index is -2.52. The van der Waals surface area contributed by atoms with E-state index in [1.165, 1.54) is 17.8 Å². The molecule has 0 atom stereocenters. The van der Waals surface area contributed by atoms with Gasteiger partial charge in [-0.2, -0.15) is 0 Å². The second-order valence-electron chi connectivity index (χ2n) is 3.66. The van der Waals surface area contributed by atoms with Crippen LogP contribution in [0.1, 0.15) is 12.0 Å². The Labute approximate surface area is 117 Å². The number of halogens is 3. The van der Waals surface area contributed by atoms with Gasteiger partial charge >= 0.3 is 0 Å². The number of anilines is 1. The summed E-state index contributed by atoms with van der Waals surface area (Å²) in [6.45, 7) is 0. The van der Waals surface area contributed by atoms with E-state index in [0.29, 0.717) is 10.6 Å². The molecule has 2 N–H and O–H groups in total. The van der Waals surface area contributed by atoms with E-state index >= 15 is 0 Å². The molecule has 0 unspecified atom stereocenters. The van der Waals surface area contributed by atoms with Crippen molar-refractivity contribution in [2.75, 3.05) is 5.73 Å². The molecule has 0 spiro atoms. The van der Waals surface area contributed by atoms with Crippen molar-refractivity contribution in [2.45, 2.75) is 16.2 Å². The first-order valence-corrected chi connectivity index (χ1v) is 6.78. The highest BCUT2D eigenvalue weighted by Gasteiger charge is 2.14. The van der Waals surface area contributed by atoms with Crippen LogP contribution in [0.25, 0.3) is 0 Å². The van der Waals surface area contributed by atoms with Crippen molar-refractivity contribution in [3.63, 3.8) is 0 Å². The van der Waals surface area contributed by atoms with Gasteiger partial charge < -0.3 is 5.73 Å². The topological polar surface area (TPSA) is 26.0 Å². The van der Waals surface area contributed by atoms with Gasteiger partial charge in [0, 0.05) is 25.5 Å². The van der Waals surface area contributed by atoms with Crippen LogP contribution in [0.15, 0.2) is 56.7 Å². The van der Waals surface area contributed by atoms with Gasteiger partial charge in [0.05, 0.1) is 0 Å². The van der Waals surface area contributed by atoms with Crippen molar-refractivity contribution in [2.24, 2.45) is 0 Å². The Balaban J connectivity index is 2.34. The van der Waals surface area contributed by atoms with Crippen LogP contribution in [-0.4, -0.2) is 0 Å². The van der Waals surface area contributed by atoms with Crippen molar-refractivity contribution in [1.29, 1.82) is 0 Å². The molecule has 2 aromatic rings. The number of rotatable bonds is 3. The van der Waals surface area contributed by atoms with E-state index in [1.54, 1.807) is 12.1 Å². The van der Waals surface area contributed by atoms with Gasteiger partial charge in [-0.3, -0.25) is 0 Å². The van der Waals surface area contributed by atoms with Crippen LogP contribution in [-0.2, 0) is 0 Å². The Hall–Kier alpha value is -1.07. The number of hydrogen-bond acceptors (Lipinski definition) is 2. The molecule has 0 aliphatic carbocycles. The Bertz CT molecular complexity index is 560. The van der Waals surface area contributed by atoms with E-state index in [0.717, 1.165) is 9.37 Å². The molecule has 0 radical (unpaired) electrons.